The Hall–Kier alpha value is -3.17. The van der Waals surface area contributed by atoms with Crippen molar-refractivity contribution in [3.8, 4) is 11.9 Å². The van der Waals surface area contributed by atoms with Crippen LogP contribution in [0.5, 0.6) is 0 Å². The number of fused-ring (bicyclic) bond motifs is 3. The van der Waals surface area contributed by atoms with Crippen LogP contribution in [-0.2, 0) is 15.9 Å². The Labute approximate surface area is 308 Å². The van der Waals surface area contributed by atoms with Gasteiger partial charge in [-0.25, -0.2) is 28.6 Å². The van der Waals surface area contributed by atoms with Gasteiger partial charge in [0.2, 0.25) is 0 Å². The van der Waals surface area contributed by atoms with Crippen molar-refractivity contribution in [3.05, 3.63) is 46.3 Å². The van der Waals surface area contributed by atoms with Gasteiger partial charge in [-0.3, -0.25) is 4.90 Å². The van der Waals surface area contributed by atoms with E-state index >= 15 is 4.39 Å². The number of nitriles is 1. The van der Waals surface area contributed by atoms with Gasteiger partial charge in [0.15, 0.2) is 11.6 Å². The first-order valence-electron chi connectivity index (χ1n) is 16.2. The van der Waals surface area contributed by atoms with Crippen LogP contribution in [0.1, 0.15) is 70.3 Å². The first-order valence-corrected chi connectivity index (χ1v) is 20.5. The normalized spacial score (nSPS) is 19.6. The number of carbonyl (C=O) groups is 2. The largest absolute Gasteiger partial charge is 0.448 e. The number of rotatable bonds is 8. The third-order valence-electron chi connectivity index (χ3n) is 8.95. The van der Waals surface area contributed by atoms with Crippen molar-refractivity contribution in [1.82, 2.24) is 34.1 Å². The molecule has 16 heteroatoms. The molecule has 3 atom stereocenters. The van der Waals surface area contributed by atoms with Gasteiger partial charge in [0.1, 0.15) is 30.4 Å². The molecule has 1 aromatic carbocycles. The van der Waals surface area contributed by atoms with Crippen LogP contribution in [0.4, 0.5) is 14.0 Å². The summed E-state index contributed by atoms with van der Waals surface area (Å²) in [5.74, 6) is 0.494. The highest BCUT2D eigenvalue weighted by Gasteiger charge is 2.41. The number of hydrogen-bond donors (Lipinski definition) is 0. The van der Waals surface area contributed by atoms with Crippen LogP contribution >= 0.6 is 46.1 Å². The summed E-state index contributed by atoms with van der Waals surface area (Å²) < 4.78 is 31.8. The number of pyridine rings is 1. The molecule has 260 valence electrons. The fraction of sp³-hybridized carbons (Fsp3) is 0.515. The number of nitrogens with zero attached hydrogens (tertiary/aromatic N) is 8. The zero-order chi connectivity index (χ0) is 35.0. The molecule has 0 unspecified atom stereocenters. The molecular formula is C33H37BrFIN8O4S. The quantitative estimate of drug-likeness (QED) is 0.128. The van der Waals surface area contributed by atoms with Gasteiger partial charge in [-0.05, 0) is 101 Å². The highest BCUT2D eigenvalue weighted by molar-refractivity contribution is 14.2. The average Bonchev–Trinajstić information content (AvgIpc) is 3.87. The Bertz CT molecular complexity index is 1930. The summed E-state index contributed by atoms with van der Waals surface area (Å²) in [7, 11) is 1.58. The van der Waals surface area contributed by atoms with Gasteiger partial charge in [0.25, 0.3) is 0 Å². The van der Waals surface area contributed by atoms with E-state index in [2.05, 4.69) is 64.8 Å². The summed E-state index contributed by atoms with van der Waals surface area (Å²) in [6.45, 7) is 9.24. The van der Waals surface area contributed by atoms with E-state index in [1.165, 1.54) is 17.3 Å². The molecule has 2 fully saturated rings. The molecule has 0 spiro atoms. The van der Waals surface area contributed by atoms with Gasteiger partial charge in [-0.15, -0.1) is 0 Å². The number of aryl methyl sites for hydroxylation is 1. The number of hydrogen-bond acceptors (Lipinski definition) is 9. The maximum atomic E-state index is 16.4. The summed E-state index contributed by atoms with van der Waals surface area (Å²) in [6.07, 6.45) is 4.16. The van der Waals surface area contributed by atoms with E-state index < -0.39 is 17.5 Å². The maximum absolute atomic E-state index is 16.4. The van der Waals surface area contributed by atoms with Crippen LogP contribution < -0.4 is 0 Å². The van der Waals surface area contributed by atoms with Crippen molar-refractivity contribution in [2.45, 2.75) is 71.1 Å². The van der Waals surface area contributed by atoms with Gasteiger partial charge >= 0.3 is 12.2 Å². The van der Waals surface area contributed by atoms with Crippen molar-refractivity contribution < 1.29 is 23.5 Å². The molecule has 2 saturated heterocycles. The van der Waals surface area contributed by atoms with Crippen molar-refractivity contribution in [1.29, 1.82) is 5.26 Å². The SMILES string of the molecule is C[C@@H]1CN(C(=O)OC(C)(C)C)C[C@H]1n1c([C@H]2CCCN2C(=O)OCCSI)cc2c(-n3cncn3)nc3c(F)c(Br)c(CCC#N)cc3c21. The summed E-state index contributed by atoms with van der Waals surface area (Å²) >= 11 is 5.62. The maximum Gasteiger partial charge on any atom is 0.410 e. The Morgan fingerprint density at radius 3 is 2.71 bits per heavy atom. The highest BCUT2D eigenvalue weighted by atomic mass is 127. The number of benzene rings is 1. The zero-order valence-electron chi connectivity index (χ0n) is 27.7. The van der Waals surface area contributed by atoms with Crippen molar-refractivity contribution in [3.63, 3.8) is 0 Å². The van der Waals surface area contributed by atoms with Crippen LogP contribution in [0.2, 0.25) is 0 Å². The number of amides is 2. The minimum absolute atomic E-state index is 0.0271. The smallest absolute Gasteiger partial charge is 0.410 e. The van der Waals surface area contributed by atoms with E-state index in [9.17, 15) is 14.9 Å². The summed E-state index contributed by atoms with van der Waals surface area (Å²) in [5, 5.41) is 15.0. The van der Waals surface area contributed by atoms with E-state index in [4.69, 9.17) is 14.5 Å². The number of ether oxygens (including phenoxy) is 2. The first-order chi connectivity index (χ1) is 23.4. The molecule has 2 aliphatic rings. The molecule has 2 aliphatic heterocycles. The zero-order valence-corrected chi connectivity index (χ0v) is 32.2. The summed E-state index contributed by atoms with van der Waals surface area (Å²) in [5.41, 5.74) is 1.66. The Balaban J connectivity index is 1.62. The van der Waals surface area contributed by atoms with E-state index in [-0.39, 0.29) is 40.5 Å². The van der Waals surface area contributed by atoms with Crippen LogP contribution in [0.15, 0.2) is 29.3 Å². The lowest BCUT2D eigenvalue weighted by molar-refractivity contribution is 0.0285. The van der Waals surface area contributed by atoms with Gasteiger partial charge in [0, 0.05) is 48.3 Å². The number of carbonyl (C=O) groups excluding carboxylic acids is 2. The minimum atomic E-state index is -0.663. The fourth-order valence-corrected chi connectivity index (χ4v) is 8.08. The molecule has 2 amide bonds. The molecular weight excluding hydrogens is 830 g/mol. The molecule has 49 heavy (non-hydrogen) atoms. The molecule has 0 aliphatic carbocycles. The summed E-state index contributed by atoms with van der Waals surface area (Å²) in [4.78, 5) is 39.3. The number of likely N-dealkylation sites (tertiary alicyclic amines) is 2. The molecule has 12 nitrogen and oxygen atoms in total. The van der Waals surface area contributed by atoms with E-state index in [1.807, 2.05) is 32.9 Å². The van der Waals surface area contributed by atoms with Crippen LogP contribution in [-0.4, -0.2) is 83.9 Å². The number of halogens is 3. The van der Waals surface area contributed by atoms with Crippen molar-refractivity contribution in [2.75, 3.05) is 32.0 Å². The lowest BCUT2D eigenvalue weighted by atomic mass is 10.0. The highest BCUT2D eigenvalue weighted by Crippen LogP contribution is 2.45. The third kappa shape index (κ3) is 7.07. The second kappa shape index (κ2) is 14.6. The van der Waals surface area contributed by atoms with Crippen molar-refractivity contribution >= 4 is 80.1 Å². The van der Waals surface area contributed by atoms with Crippen molar-refractivity contribution in [2.24, 2.45) is 5.92 Å². The van der Waals surface area contributed by atoms with Crippen LogP contribution in [0.25, 0.3) is 27.6 Å². The van der Waals surface area contributed by atoms with E-state index in [1.54, 1.807) is 18.7 Å². The predicted octanol–water partition coefficient (Wildman–Crippen LogP) is 7.91. The van der Waals surface area contributed by atoms with Gasteiger partial charge in [0.05, 0.1) is 28.1 Å². The third-order valence-corrected chi connectivity index (χ3v) is 11.4. The van der Waals surface area contributed by atoms with Gasteiger partial charge in [-0.1, -0.05) is 15.9 Å². The lowest BCUT2D eigenvalue weighted by Gasteiger charge is -2.29. The monoisotopic (exact) mass is 866 g/mol. The standard InChI is InChI=1S/C33H37BrFIN8O4S/c1-19-15-41(31(45)48-33(2,3)4)16-25(19)44-24(23-8-6-10-42(23)32(46)47-11-12-49-36)14-22-29(44)21-13-20(7-5-9-37)26(34)27(35)28(21)40-30(22)43-18-38-17-39-43/h13-14,17-19,23,25H,5-8,10-12,15-16H2,1-4H3/t19-,23-,25-/m1/s1. The van der Waals surface area contributed by atoms with Crippen LogP contribution in [0, 0.1) is 23.1 Å². The Kier molecular flexibility index (Phi) is 10.6. The second-order valence-electron chi connectivity index (χ2n) is 13.4. The van der Waals surface area contributed by atoms with E-state index in [0.29, 0.717) is 72.5 Å². The number of aromatic nitrogens is 5. The summed E-state index contributed by atoms with van der Waals surface area (Å²) in [6, 6.07) is 5.49. The molecule has 0 N–H and O–H groups in total. The molecule has 5 heterocycles. The van der Waals surface area contributed by atoms with E-state index in [0.717, 1.165) is 12.1 Å². The molecule has 0 bridgehead atoms. The van der Waals surface area contributed by atoms with Crippen LogP contribution in [0.3, 0.4) is 0 Å². The molecule has 4 aromatic rings. The topological polar surface area (TPSA) is 131 Å². The molecule has 3 aromatic heterocycles. The Morgan fingerprint density at radius 2 is 2.02 bits per heavy atom. The lowest BCUT2D eigenvalue weighted by Crippen LogP contribution is -2.36. The van der Waals surface area contributed by atoms with Gasteiger partial charge < -0.3 is 18.9 Å². The molecule has 0 saturated carbocycles. The fourth-order valence-electron chi connectivity index (χ4n) is 6.89. The first kappa shape index (κ1) is 35.6. The predicted molar refractivity (Wildman–Crippen MR) is 196 cm³/mol. The Morgan fingerprint density at radius 1 is 1.22 bits per heavy atom. The minimum Gasteiger partial charge on any atom is -0.448 e. The second-order valence-corrected chi connectivity index (χ2v) is 16.7. The molecule has 6 rings (SSSR count). The van der Waals surface area contributed by atoms with Gasteiger partial charge in [-0.2, -0.15) is 10.4 Å². The average molecular weight is 868 g/mol. The molecule has 0 radical (unpaired) electrons.